The van der Waals surface area contributed by atoms with E-state index in [0.717, 1.165) is 38.2 Å². The molecule has 5 heteroatoms. The zero-order valence-electron chi connectivity index (χ0n) is 14.3. The van der Waals surface area contributed by atoms with Gasteiger partial charge in [-0.1, -0.05) is 12.1 Å². The number of benzene rings is 1. The molecule has 24 heavy (non-hydrogen) atoms. The van der Waals surface area contributed by atoms with Crippen LogP contribution in [-0.2, 0) is 16.1 Å². The topological polar surface area (TPSA) is 59.0 Å². The fourth-order valence-electron chi connectivity index (χ4n) is 3.90. The SMILES string of the molecule is CCOc1ccc(CN2CCC([C@@H]3OCC[C@H]3C(=O)O)CC2)cc1. The third-order valence-electron chi connectivity index (χ3n) is 5.19. The van der Waals surface area contributed by atoms with E-state index in [-0.39, 0.29) is 12.0 Å². The Kier molecular flexibility index (Phi) is 5.74. The molecule has 5 nitrogen and oxygen atoms in total. The van der Waals surface area contributed by atoms with Crippen LogP contribution in [0.5, 0.6) is 5.75 Å². The summed E-state index contributed by atoms with van der Waals surface area (Å²) in [6.07, 6.45) is 2.61. The van der Waals surface area contributed by atoms with E-state index in [2.05, 4.69) is 17.0 Å². The van der Waals surface area contributed by atoms with Gasteiger partial charge in [-0.15, -0.1) is 0 Å². The van der Waals surface area contributed by atoms with Crippen molar-refractivity contribution in [1.82, 2.24) is 4.90 Å². The molecular weight excluding hydrogens is 306 g/mol. The number of carbonyl (C=O) groups is 1. The van der Waals surface area contributed by atoms with E-state index in [9.17, 15) is 9.90 Å². The molecule has 1 aromatic rings. The Morgan fingerprint density at radius 3 is 2.58 bits per heavy atom. The largest absolute Gasteiger partial charge is 0.494 e. The first-order valence-electron chi connectivity index (χ1n) is 8.96. The third kappa shape index (κ3) is 4.08. The smallest absolute Gasteiger partial charge is 0.309 e. The van der Waals surface area contributed by atoms with Crippen LogP contribution in [0.25, 0.3) is 0 Å². The second-order valence-electron chi connectivity index (χ2n) is 6.76. The Hall–Kier alpha value is -1.59. The quantitative estimate of drug-likeness (QED) is 0.867. The second-order valence-corrected chi connectivity index (χ2v) is 6.76. The molecule has 2 fully saturated rings. The van der Waals surface area contributed by atoms with Crippen LogP contribution in [0, 0.1) is 11.8 Å². The van der Waals surface area contributed by atoms with Crippen molar-refractivity contribution in [3.63, 3.8) is 0 Å². The van der Waals surface area contributed by atoms with Crippen LogP contribution in [-0.4, -0.2) is 48.4 Å². The average molecular weight is 333 g/mol. The molecule has 2 heterocycles. The Morgan fingerprint density at radius 2 is 1.96 bits per heavy atom. The van der Waals surface area contributed by atoms with E-state index in [1.165, 1.54) is 5.56 Å². The molecule has 0 spiro atoms. The Labute approximate surface area is 143 Å². The van der Waals surface area contributed by atoms with Crippen molar-refractivity contribution in [2.24, 2.45) is 11.8 Å². The summed E-state index contributed by atoms with van der Waals surface area (Å²) in [5, 5.41) is 9.32. The first-order valence-corrected chi connectivity index (χ1v) is 8.96. The van der Waals surface area contributed by atoms with Gasteiger partial charge in [0, 0.05) is 13.2 Å². The van der Waals surface area contributed by atoms with Crippen molar-refractivity contribution in [2.75, 3.05) is 26.3 Å². The maximum Gasteiger partial charge on any atom is 0.309 e. The van der Waals surface area contributed by atoms with Gasteiger partial charge in [-0.05, 0) is 62.9 Å². The van der Waals surface area contributed by atoms with Gasteiger partial charge in [-0.2, -0.15) is 0 Å². The molecule has 3 rings (SSSR count). The molecule has 1 N–H and O–H groups in total. The zero-order valence-corrected chi connectivity index (χ0v) is 14.3. The lowest BCUT2D eigenvalue weighted by atomic mass is 9.84. The van der Waals surface area contributed by atoms with E-state index in [1.807, 2.05) is 19.1 Å². The first-order chi connectivity index (χ1) is 11.7. The molecule has 0 saturated carbocycles. The van der Waals surface area contributed by atoms with Crippen LogP contribution in [0.15, 0.2) is 24.3 Å². The fourth-order valence-corrected chi connectivity index (χ4v) is 3.90. The lowest BCUT2D eigenvalue weighted by Gasteiger charge is -2.35. The molecule has 0 amide bonds. The van der Waals surface area contributed by atoms with Crippen LogP contribution >= 0.6 is 0 Å². The fraction of sp³-hybridized carbons (Fsp3) is 0.632. The Bertz CT molecular complexity index is 537. The van der Waals surface area contributed by atoms with E-state index >= 15 is 0 Å². The minimum absolute atomic E-state index is 0.0878. The maximum atomic E-state index is 11.3. The van der Waals surface area contributed by atoms with E-state index in [4.69, 9.17) is 9.47 Å². The molecule has 0 unspecified atom stereocenters. The minimum Gasteiger partial charge on any atom is -0.494 e. The number of likely N-dealkylation sites (tertiary alicyclic amines) is 1. The van der Waals surface area contributed by atoms with Crippen LogP contribution in [0.4, 0.5) is 0 Å². The van der Waals surface area contributed by atoms with Crippen molar-refractivity contribution in [1.29, 1.82) is 0 Å². The van der Waals surface area contributed by atoms with Gasteiger partial charge in [0.2, 0.25) is 0 Å². The maximum absolute atomic E-state index is 11.3. The van der Waals surface area contributed by atoms with Crippen LogP contribution < -0.4 is 4.74 Å². The van der Waals surface area contributed by atoms with Crippen LogP contribution in [0.1, 0.15) is 31.7 Å². The summed E-state index contributed by atoms with van der Waals surface area (Å²) in [5.74, 6) is 0.283. The molecule has 2 atom stereocenters. The predicted molar refractivity (Wildman–Crippen MR) is 91.1 cm³/mol. The summed E-state index contributed by atoms with van der Waals surface area (Å²) in [7, 11) is 0. The highest BCUT2D eigenvalue weighted by molar-refractivity contribution is 5.71. The van der Waals surface area contributed by atoms with Crippen molar-refractivity contribution in [3.8, 4) is 5.75 Å². The highest BCUT2D eigenvalue weighted by Crippen LogP contribution is 2.33. The number of hydrogen-bond acceptors (Lipinski definition) is 4. The Morgan fingerprint density at radius 1 is 1.25 bits per heavy atom. The molecule has 2 saturated heterocycles. The van der Waals surface area contributed by atoms with Gasteiger partial charge in [0.05, 0.1) is 18.6 Å². The van der Waals surface area contributed by atoms with Crippen LogP contribution in [0.2, 0.25) is 0 Å². The third-order valence-corrected chi connectivity index (χ3v) is 5.19. The number of rotatable bonds is 6. The summed E-state index contributed by atoms with van der Waals surface area (Å²) < 4.78 is 11.2. The number of piperidine rings is 1. The van der Waals surface area contributed by atoms with Crippen molar-refractivity contribution in [3.05, 3.63) is 29.8 Å². The number of ether oxygens (including phenoxy) is 2. The summed E-state index contributed by atoms with van der Waals surface area (Å²) in [5.41, 5.74) is 1.29. The molecule has 1 aromatic carbocycles. The van der Waals surface area contributed by atoms with Crippen molar-refractivity contribution < 1.29 is 19.4 Å². The van der Waals surface area contributed by atoms with Gasteiger partial charge in [0.25, 0.3) is 0 Å². The van der Waals surface area contributed by atoms with Crippen LogP contribution in [0.3, 0.4) is 0 Å². The van der Waals surface area contributed by atoms with Gasteiger partial charge in [-0.3, -0.25) is 9.69 Å². The molecule has 0 bridgehead atoms. The molecule has 2 aliphatic heterocycles. The van der Waals surface area contributed by atoms with Gasteiger partial charge >= 0.3 is 5.97 Å². The van der Waals surface area contributed by atoms with Crippen molar-refractivity contribution in [2.45, 2.75) is 38.8 Å². The second kappa shape index (κ2) is 7.99. The average Bonchev–Trinajstić information content (AvgIpc) is 3.08. The number of carboxylic acids is 1. The summed E-state index contributed by atoms with van der Waals surface area (Å²) in [6, 6.07) is 8.29. The minimum atomic E-state index is -0.700. The van der Waals surface area contributed by atoms with Gasteiger partial charge < -0.3 is 14.6 Å². The number of hydrogen-bond donors (Lipinski definition) is 1. The normalized spacial score (nSPS) is 25.7. The lowest BCUT2D eigenvalue weighted by molar-refractivity contribution is -0.145. The lowest BCUT2D eigenvalue weighted by Crippen LogP contribution is -2.40. The van der Waals surface area contributed by atoms with Gasteiger partial charge in [0.1, 0.15) is 5.75 Å². The molecule has 0 aromatic heterocycles. The van der Waals surface area contributed by atoms with E-state index in [0.29, 0.717) is 25.6 Å². The zero-order chi connectivity index (χ0) is 16.9. The monoisotopic (exact) mass is 333 g/mol. The molecule has 132 valence electrons. The van der Waals surface area contributed by atoms with Crippen molar-refractivity contribution >= 4 is 5.97 Å². The summed E-state index contributed by atoms with van der Waals surface area (Å²) in [6.45, 7) is 6.21. The number of carboxylic acid groups (broad SMARTS) is 1. The molecular formula is C19H27NO4. The molecule has 2 aliphatic rings. The highest BCUT2D eigenvalue weighted by Gasteiger charge is 2.40. The highest BCUT2D eigenvalue weighted by atomic mass is 16.5. The van der Waals surface area contributed by atoms with E-state index < -0.39 is 5.97 Å². The Balaban J connectivity index is 1.49. The predicted octanol–water partition coefficient (Wildman–Crippen LogP) is 2.79. The van der Waals surface area contributed by atoms with E-state index in [1.54, 1.807) is 0 Å². The number of nitrogens with zero attached hydrogens (tertiary/aromatic N) is 1. The molecule has 0 radical (unpaired) electrons. The summed E-state index contributed by atoms with van der Waals surface area (Å²) >= 11 is 0. The summed E-state index contributed by atoms with van der Waals surface area (Å²) in [4.78, 5) is 13.8. The molecule has 0 aliphatic carbocycles. The first kappa shape index (κ1) is 17.2. The standard InChI is InChI=1S/C19H27NO4/c1-2-23-16-5-3-14(4-6-16)13-20-10-7-15(8-11-20)18-17(19(21)22)9-12-24-18/h3-6,15,17-18H,2,7-13H2,1H3,(H,21,22)/t17-,18+/m1/s1. The van der Waals surface area contributed by atoms with Gasteiger partial charge in [-0.25, -0.2) is 0 Å². The van der Waals surface area contributed by atoms with Gasteiger partial charge in [0.15, 0.2) is 0 Å². The number of aliphatic carboxylic acids is 1.